The van der Waals surface area contributed by atoms with Crippen molar-refractivity contribution in [3.05, 3.63) is 60.8 Å². The number of Topliss-reactive ketones (excluding diaryl/α,β-unsaturated/α-hetero) is 1. The monoisotopic (exact) mass is 444 g/mol. The summed E-state index contributed by atoms with van der Waals surface area (Å²) in [5.74, 6) is -0.810. The number of allylic oxidation sites excluding steroid dienone is 10. The summed E-state index contributed by atoms with van der Waals surface area (Å²) >= 11 is 0. The molecule has 0 saturated carbocycles. The van der Waals surface area contributed by atoms with Crippen LogP contribution in [0.3, 0.4) is 0 Å². The minimum absolute atomic E-state index is 0.00487. The highest BCUT2D eigenvalue weighted by Gasteiger charge is 2.20. The molecule has 0 radical (unpaired) electrons. The maximum Gasteiger partial charge on any atom is 0.313 e. The van der Waals surface area contributed by atoms with Crippen LogP contribution in [0.5, 0.6) is 0 Å². The van der Waals surface area contributed by atoms with Crippen molar-refractivity contribution in [2.24, 2.45) is 0 Å². The number of rotatable bonds is 17. The molecule has 1 N–H and O–H groups in total. The van der Waals surface area contributed by atoms with Crippen LogP contribution in [0.2, 0.25) is 0 Å². The number of carbonyl (C=O) groups excluding carboxylic acids is 2. The van der Waals surface area contributed by atoms with Gasteiger partial charge in [0.15, 0.2) is 0 Å². The Bertz CT molecular complexity index is 645. The van der Waals surface area contributed by atoms with E-state index < -0.39 is 17.7 Å². The molecule has 0 aromatic heterocycles. The molecule has 4 nitrogen and oxygen atoms in total. The lowest BCUT2D eigenvalue weighted by Crippen LogP contribution is -2.26. The molecule has 0 aliphatic heterocycles. The second-order valence-electron chi connectivity index (χ2n) is 8.80. The van der Waals surface area contributed by atoms with Crippen LogP contribution < -0.4 is 0 Å². The number of hydrogen-bond acceptors (Lipinski definition) is 4. The summed E-state index contributed by atoms with van der Waals surface area (Å²) in [5.41, 5.74) is -0.600. The lowest BCUT2D eigenvalue weighted by Gasteiger charge is -2.19. The van der Waals surface area contributed by atoms with Crippen LogP contribution in [-0.2, 0) is 14.3 Å². The van der Waals surface area contributed by atoms with Gasteiger partial charge >= 0.3 is 5.97 Å². The summed E-state index contributed by atoms with van der Waals surface area (Å²) in [4.78, 5) is 23.5. The molecule has 0 saturated heterocycles. The number of esters is 1. The molecule has 0 rings (SSSR count). The van der Waals surface area contributed by atoms with Crippen LogP contribution in [0.15, 0.2) is 60.8 Å². The van der Waals surface area contributed by atoms with E-state index in [0.29, 0.717) is 6.42 Å². The van der Waals surface area contributed by atoms with Crippen molar-refractivity contribution in [1.29, 1.82) is 0 Å². The van der Waals surface area contributed by atoms with Crippen LogP contribution in [-0.4, -0.2) is 28.6 Å². The van der Waals surface area contributed by atoms with E-state index >= 15 is 0 Å². The molecule has 1 atom stereocenters. The molecule has 4 heteroatoms. The van der Waals surface area contributed by atoms with Crippen LogP contribution in [0, 0.1) is 0 Å². The smallest absolute Gasteiger partial charge is 0.313 e. The first kappa shape index (κ1) is 29.8. The van der Waals surface area contributed by atoms with Crippen molar-refractivity contribution < 1.29 is 19.4 Å². The third-order valence-corrected chi connectivity index (χ3v) is 4.29. The Morgan fingerprint density at radius 1 is 0.812 bits per heavy atom. The highest BCUT2D eigenvalue weighted by atomic mass is 16.6. The van der Waals surface area contributed by atoms with Gasteiger partial charge in [-0.1, -0.05) is 67.7 Å². The minimum Gasteiger partial charge on any atom is -0.460 e. The highest BCUT2D eigenvalue weighted by Crippen LogP contribution is 2.11. The highest BCUT2D eigenvalue weighted by molar-refractivity contribution is 5.95. The van der Waals surface area contributed by atoms with E-state index in [1.807, 2.05) is 0 Å². The first-order valence-corrected chi connectivity index (χ1v) is 11.9. The van der Waals surface area contributed by atoms with Gasteiger partial charge in [-0.3, -0.25) is 9.59 Å². The van der Waals surface area contributed by atoms with E-state index in [-0.39, 0.29) is 18.6 Å². The first-order valence-electron chi connectivity index (χ1n) is 11.9. The fourth-order valence-corrected chi connectivity index (χ4v) is 2.82. The Morgan fingerprint density at radius 3 is 1.75 bits per heavy atom. The minimum atomic E-state index is -0.701. The molecule has 0 fully saturated rings. The average molecular weight is 445 g/mol. The van der Waals surface area contributed by atoms with Crippen molar-refractivity contribution in [1.82, 2.24) is 0 Å². The van der Waals surface area contributed by atoms with Gasteiger partial charge < -0.3 is 9.84 Å². The molecular weight excluding hydrogens is 400 g/mol. The summed E-state index contributed by atoms with van der Waals surface area (Å²) in [6.07, 6.45) is 27.8. The maximum atomic E-state index is 11.8. The van der Waals surface area contributed by atoms with E-state index in [1.54, 1.807) is 20.8 Å². The number of unbranched alkanes of at least 4 members (excludes halogenated alkanes) is 1. The van der Waals surface area contributed by atoms with Crippen molar-refractivity contribution in [3.63, 3.8) is 0 Å². The van der Waals surface area contributed by atoms with Gasteiger partial charge in [0.05, 0.1) is 6.10 Å². The molecule has 0 unspecified atom stereocenters. The van der Waals surface area contributed by atoms with Crippen molar-refractivity contribution in [2.75, 3.05) is 0 Å². The van der Waals surface area contributed by atoms with Gasteiger partial charge in [0.2, 0.25) is 0 Å². The number of aliphatic hydroxyl groups is 1. The van der Waals surface area contributed by atoms with Gasteiger partial charge in [-0.15, -0.1) is 0 Å². The summed E-state index contributed by atoms with van der Waals surface area (Å²) in [6, 6.07) is 0. The first-order chi connectivity index (χ1) is 15.2. The zero-order chi connectivity index (χ0) is 24.1. The van der Waals surface area contributed by atoms with Gasteiger partial charge in [0.1, 0.15) is 17.8 Å². The third-order valence-electron chi connectivity index (χ3n) is 4.29. The van der Waals surface area contributed by atoms with E-state index in [0.717, 1.165) is 44.9 Å². The van der Waals surface area contributed by atoms with Crippen molar-refractivity contribution in [3.8, 4) is 0 Å². The number of aliphatic hydroxyl groups excluding tert-OH is 1. The molecule has 0 aliphatic rings. The lowest BCUT2D eigenvalue weighted by molar-refractivity contribution is -0.156. The van der Waals surface area contributed by atoms with E-state index in [9.17, 15) is 14.7 Å². The standard InChI is InChI=1S/C28H44O4/c1-5-6-7-8-9-10-11-12-13-14-15-16-17-18-19-20-21-22-25(29)23-26(30)24-27(31)32-28(2,3)4/h6-7,9-10,12-13,15-16,18-19,25,29H,5,8,11,14,17,20-24H2,1-4H3/t25-/m1/s1. The lowest BCUT2D eigenvalue weighted by atomic mass is 10.0. The third kappa shape index (κ3) is 22.5. The molecule has 0 heterocycles. The summed E-state index contributed by atoms with van der Waals surface area (Å²) in [5, 5.41) is 9.97. The average Bonchev–Trinajstić information content (AvgIpc) is 2.68. The molecule has 0 bridgehead atoms. The van der Waals surface area contributed by atoms with Gasteiger partial charge in [0.25, 0.3) is 0 Å². The second kappa shape index (κ2) is 19.5. The predicted octanol–water partition coefficient (Wildman–Crippen LogP) is 6.96. The van der Waals surface area contributed by atoms with Crippen LogP contribution in [0.4, 0.5) is 0 Å². The van der Waals surface area contributed by atoms with Crippen LogP contribution >= 0.6 is 0 Å². The zero-order valence-corrected chi connectivity index (χ0v) is 20.6. The molecule has 32 heavy (non-hydrogen) atoms. The Balaban J connectivity index is 3.74. The maximum absolute atomic E-state index is 11.8. The molecule has 0 spiro atoms. The number of hydrogen-bond donors (Lipinski definition) is 1. The van der Waals surface area contributed by atoms with Gasteiger partial charge in [-0.05, 0) is 72.1 Å². The number of ketones is 1. The topological polar surface area (TPSA) is 63.6 Å². The summed E-state index contributed by atoms with van der Waals surface area (Å²) in [6.45, 7) is 7.43. The van der Waals surface area contributed by atoms with Gasteiger partial charge in [-0.25, -0.2) is 0 Å². The van der Waals surface area contributed by atoms with Crippen molar-refractivity contribution >= 4 is 11.8 Å². The molecule has 0 aromatic rings. The Kier molecular flexibility index (Phi) is 18.1. The molecule has 0 aromatic carbocycles. The summed E-state index contributed by atoms with van der Waals surface area (Å²) < 4.78 is 5.12. The van der Waals surface area contributed by atoms with Gasteiger partial charge in [-0.2, -0.15) is 0 Å². The number of carbonyl (C=O) groups is 2. The Hall–Kier alpha value is -2.20. The molecule has 0 amide bonds. The summed E-state index contributed by atoms with van der Waals surface area (Å²) in [7, 11) is 0. The zero-order valence-electron chi connectivity index (χ0n) is 20.6. The fourth-order valence-electron chi connectivity index (χ4n) is 2.82. The van der Waals surface area contributed by atoms with Crippen LogP contribution in [0.1, 0.15) is 91.9 Å². The molecule has 0 aliphatic carbocycles. The predicted molar refractivity (Wildman–Crippen MR) is 134 cm³/mol. The Labute approximate surface area is 195 Å². The SMILES string of the molecule is CCC=CCC=CCC=CCC=CCC=CCCC[C@@H](O)CC(=O)CC(=O)OC(C)(C)C. The largest absolute Gasteiger partial charge is 0.460 e. The normalized spacial score (nSPS) is 13.9. The fraction of sp³-hybridized carbons (Fsp3) is 0.571. The van der Waals surface area contributed by atoms with E-state index in [4.69, 9.17) is 4.74 Å². The van der Waals surface area contributed by atoms with Gasteiger partial charge in [0, 0.05) is 6.42 Å². The number of ether oxygens (including phenoxy) is 1. The van der Waals surface area contributed by atoms with Crippen molar-refractivity contribution in [2.45, 2.75) is 104 Å². The van der Waals surface area contributed by atoms with E-state index in [2.05, 4.69) is 67.7 Å². The second-order valence-corrected chi connectivity index (χ2v) is 8.80. The van der Waals surface area contributed by atoms with E-state index in [1.165, 1.54) is 0 Å². The Morgan fingerprint density at radius 2 is 1.28 bits per heavy atom. The molecular formula is C28H44O4. The molecule has 180 valence electrons. The van der Waals surface area contributed by atoms with Crippen LogP contribution in [0.25, 0.3) is 0 Å². The quantitative estimate of drug-likeness (QED) is 0.114.